The second kappa shape index (κ2) is 3.73. The van der Waals surface area contributed by atoms with Crippen molar-refractivity contribution in [3.8, 4) is 0 Å². The van der Waals surface area contributed by atoms with Crippen LogP contribution in [0.2, 0.25) is 0 Å². The fourth-order valence-corrected chi connectivity index (χ4v) is 1.11. The molecule has 0 radical (unpaired) electrons. The molecule has 1 saturated heterocycles. The van der Waals surface area contributed by atoms with Crippen molar-refractivity contribution in [2.45, 2.75) is 32.3 Å². The second-order valence-corrected chi connectivity index (χ2v) is 2.66. The average Bonchev–Trinajstić information content (AvgIpc) is 2.26. The van der Waals surface area contributed by atoms with Gasteiger partial charge in [0.2, 0.25) is 0 Å². The van der Waals surface area contributed by atoms with Gasteiger partial charge in [0.1, 0.15) is 12.7 Å². The molecule has 1 aliphatic rings. The maximum absolute atomic E-state index is 10.0. The number of carbonyl (C=O) groups is 1. The molecule has 5 heteroatoms. The van der Waals surface area contributed by atoms with Crippen molar-refractivity contribution in [2.24, 2.45) is 0 Å². The predicted octanol–water partition coefficient (Wildman–Crippen LogP) is 0.831. The SMILES string of the molecule is CC1OC(C)C(COC(=O)O)O1. The second-order valence-electron chi connectivity index (χ2n) is 2.66. The minimum atomic E-state index is -1.29. The molecule has 0 aliphatic carbocycles. The molecule has 0 saturated carbocycles. The van der Waals surface area contributed by atoms with E-state index in [9.17, 15) is 4.79 Å². The summed E-state index contributed by atoms with van der Waals surface area (Å²) < 4.78 is 14.8. The van der Waals surface area contributed by atoms with Crippen molar-refractivity contribution in [3.05, 3.63) is 0 Å². The smallest absolute Gasteiger partial charge is 0.450 e. The van der Waals surface area contributed by atoms with Crippen molar-refractivity contribution in [2.75, 3.05) is 6.61 Å². The molecule has 1 rings (SSSR count). The summed E-state index contributed by atoms with van der Waals surface area (Å²) in [4.78, 5) is 10.0. The molecule has 1 fully saturated rings. The van der Waals surface area contributed by atoms with Crippen molar-refractivity contribution < 1.29 is 24.1 Å². The molecule has 0 aromatic carbocycles. The molecule has 1 heterocycles. The quantitative estimate of drug-likeness (QED) is 0.631. The Kier molecular flexibility index (Phi) is 2.88. The first-order chi connectivity index (χ1) is 5.59. The lowest BCUT2D eigenvalue weighted by atomic mass is 10.2. The third-order valence-electron chi connectivity index (χ3n) is 1.67. The van der Waals surface area contributed by atoms with Crippen LogP contribution in [0.25, 0.3) is 0 Å². The lowest BCUT2D eigenvalue weighted by molar-refractivity contribution is -0.0576. The highest BCUT2D eigenvalue weighted by atomic mass is 16.7. The third-order valence-corrected chi connectivity index (χ3v) is 1.67. The van der Waals surface area contributed by atoms with Crippen molar-refractivity contribution in [1.82, 2.24) is 0 Å². The summed E-state index contributed by atoms with van der Waals surface area (Å²) in [7, 11) is 0. The molecular formula is C7H12O5. The maximum Gasteiger partial charge on any atom is 0.505 e. The van der Waals surface area contributed by atoms with E-state index in [1.165, 1.54) is 0 Å². The molecule has 3 unspecified atom stereocenters. The number of ether oxygens (including phenoxy) is 3. The highest BCUT2D eigenvalue weighted by Crippen LogP contribution is 2.18. The Bertz CT molecular complexity index is 169. The van der Waals surface area contributed by atoms with Gasteiger partial charge in [0.05, 0.1) is 6.10 Å². The first-order valence-electron chi connectivity index (χ1n) is 3.76. The molecule has 70 valence electrons. The van der Waals surface area contributed by atoms with E-state index in [1.807, 2.05) is 6.92 Å². The summed E-state index contributed by atoms with van der Waals surface area (Å²) >= 11 is 0. The highest BCUT2D eigenvalue weighted by molar-refractivity contribution is 5.56. The first kappa shape index (κ1) is 9.28. The Morgan fingerprint density at radius 1 is 1.50 bits per heavy atom. The Hall–Kier alpha value is -0.810. The van der Waals surface area contributed by atoms with Crippen LogP contribution in [-0.4, -0.2) is 36.4 Å². The van der Waals surface area contributed by atoms with Crippen LogP contribution in [0, 0.1) is 0 Å². The van der Waals surface area contributed by atoms with Crippen LogP contribution < -0.4 is 0 Å². The zero-order valence-electron chi connectivity index (χ0n) is 7.02. The van der Waals surface area contributed by atoms with E-state index >= 15 is 0 Å². The van der Waals surface area contributed by atoms with Crippen LogP contribution in [0.5, 0.6) is 0 Å². The minimum Gasteiger partial charge on any atom is -0.450 e. The van der Waals surface area contributed by atoms with E-state index in [1.54, 1.807) is 6.92 Å². The van der Waals surface area contributed by atoms with Crippen LogP contribution in [0.4, 0.5) is 4.79 Å². The lowest BCUT2D eigenvalue weighted by Gasteiger charge is -2.10. The molecular weight excluding hydrogens is 164 g/mol. The van der Waals surface area contributed by atoms with Crippen molar-refractivity contribution in [3.63, 3.8) is 0 Å². The van der Waals surface area contributed by atoms with Gasteiger partial charge in [0, 0.05) is 0 Å². The molecule has 1 aliphatic heterocycles. The lowest BCUT2D eigenvalue weighted by Crippen LogP contribution is -2.26. The fraction of sp³-hybridized carbons (Fsp3) is 0.857. The topological polar surface area (TPSA) is 65.0 Å². The molecule has 5 nitrogen and oxygen atoms in total. The number of hydrogen-bond acceptors (Lipinski definition) is 4. The van der Waals surface area contributed by atoms with Crippen molar-refractivity contribution in [1.29, 1.82) is 0 Å². The summed E-state index contributed by atoms with van der Waals surface area (Å²) in [6, 6.07) is 0. The molecule has 1 N–H and O–H groups in total. The number of rotatable bonds is 2. The van der Waals surface area contributed by atoms with E-state index in [2.05, 4.69) is 4.74 Å². The van der Waals surface area contributed by atoms with Gasteiger partial charge in [0.15, 0.2) is 6.29 Å². The van der Waals surface area contributed by atoms with E-state index in [0.29, 0.717) is 0 Å². The van der Waals surface area contributed by atoms with Crippen molar-refractivity contribution >= 4 is 6.16 Å². The van der Waals surface area contributed by atoms with Gasteiger partial charge in [0.25, 0.3) is 0 Å². The Morgan fingerprint density at radius 2 is 2.17 bits per heavy atom. The summed E-state index contributed by atoms with van der Waals surface area (Å²) in [6.07, 6.45) is -1.96. The van der Waals surface area contributed by atoms with Gasteiger partial charge in [-0.3, -0.25) is 0 Å². The largest absolute Gasteiger partial charge is 0.505 e. The van der Waals surface area contributed by atoms with E-state index in [4.69, 9.17) is 14.6 Å². The van der Waals surface area contributed by atoms with Crippen LogP contribution in [0.15, 0.2) is 0 Å². The maximum atomic E-state index is 10.0. The zero-order chi connectivity index (χ0) is 9.14. The Balaban J connectivity index is 2.28. The fourth-order valence-electron chi connectivity index (χ4n) is 1.11. The molecule has 3 atom stereocenters. The molecule has 12 heavy (non-hydrogen) atoms. The third kappa shape index (κ3) is 2.35. The predicted molar refractivity (Wildman–Crippen MR) is 38.9 cm³/mol. The Labute approximate surface area is 70.2 Å². The van der Waals surface area contributed by atoms with Gasteiger partial charge in [-0.2, -0.15) is 0 Å². The summed E-state index contributed by atoms with van der Waals surface area (Å²) in [5.74, 6) is 0. The van der Waals surface area contributed by atoms with Gasteiger partial charge in [-0.25, -0.2) is 4.79 Å². The normalized spacial score (nSPS) is 35.0. The standard InChI is InChI=1S/C7H12O5/c1-4-6(3-10-7(8)9)12-5(2)11-4/h4-6H,3H2,1-2H3,(H,8,9). The van der Waals surface area contributed by atoms with E-state index in [-0.39, 0.29) is 25.1 Å². The van der Waals surface area contributed by atoms with Crippen LogP contribution >= 0.6 is 0 Å². The highest BCUT2D eigenvalue weighted by Gasteiger charge is 2.31. The molecule has 0 amide bonds. The van der Waals surface area contributed by atoms with Crippen LogP contribution in [0.1, 0.15) is 13.8 Å². The van der Waals surface area contributed by atoms with Gasteiger partial charge in [-0.15, -0.1) is 0 Å². The van der Waals surface area contributed by atoms with E-state index in [0.717, 1.165) is 0 Å². The van der Waals surface area contributed by atoms with Gasteiger partial charge in [-0.1, -0.05) is 0 Å². The molecule has 0 aromatic rings. The van der Waals surface area contributed by atoms with Gasteiger partial charge in [-0.05, 0) is 13.8 Å². The van der Waals surface area contributed by atoms with E-state index < -0.39 is 6.16 Å². The zero-order valence-corrected chi connectivity index (χ0v) is 7.02. The molecule has 0 bridgehead atoms. The summed E-state index contributed by atoms with van der Waals surface area (Å²) in [5.41, 5.74) is 0. The number of hydrogen-bond donors (Lipinski definition) is 1. The monoisotopic (exact) mass is 176 g/mol. The summed E-state index contributed by atoms with van der Waals surface area (Å²) in [5, 5.41) is 8.21. The molecule has 0 spiro atoms. The first-order valence-corrected chi connectivity index (χ1v) is 3.76. The van der Waals surface area contributed by atoms with Gasteiger partial charge >= 0.3 is 6.16 Å². The van der Waals surface area contributed by atoms with Crippen LogP contribution in [-0.2, 0) is 14.2 Å². The minimum absolute atomic E-state index is 0.0286. The Morgan fingerprint density at radius 3 is 2.58 bits per heavy atom. The van der Waals surface area contributed by atoms with Gasteiger partial charge < -0.3 is 19.3 Å². The molecule has 0 aromatic heterocycles. The average molecular weight is 176 g/mol. The summed E-state index contributed by atoms with van der Waals surface area (Å²) in [6.45, 7) is 3.61. The number of carboxylic acid groups (broad SMARTS) is 1. The van der Waals surface area contributed by atoms with Crippen LogP contribution in [0.3, 0.4) is 0 Å².